The molecule has 336 valence electrons. The molecule has 1 aromatic rings. The first-order chi connectivity index (χ1) is 29.2. The van der Waals surface area contributed by atoms with E-state index in [4.69, 9.17) is 4.74 Å². The van der Waals surface area contributed by atoms with Gasteiger partial charge in [0.25, 0.3) is 0 Å². The van der Waals surface area contributed by atoms with E-state index in [1.165, 1.54) is 86.0 Å². The molecule has 0 N–H and O–H groups in total. The van der Waals surface area contributed by atoms with E-state index in [9.17, 15) is 4.79 Å². The Balaban J connectivity index is 0.878. The van der Waals surface area contributed by atoms with Crippen molar-refractivity contribution in [3.63, 3.8) is 0 Å². The third kappa shape index (κ3) is 9.20. The molecule has 8 atom stereocenters. The fourth-order valence-corrected chi connectivity index (χ4v) is 14.3. The van der Waals surface area contributed by atoms with Gasteiger partial charge in [-0.25, -0.2) is 0 Å². The van der Waals surface area contributed by atoms with Crippen molar-refractivity contribution in [1.82, 2.24) is 4.48 Å². The zero-order valence-corrected chi connectivity index (χ0v) is 39.6. The summed E-state index contributed by atoms with van der Waals surface area (Å²) in [7, 11) is 0. The van der Waals surface area contributed by atoms with E-state index >= 15 is 8.63 Å². The summed E-state index contributed by atoms with van der Waals surface area (Å²) in [5.41, 5.74) is 7.99. The molecule has 4 aliphatic carbocycles. The van der Waals surface area contributed by atoms with Gasteiger partial charge < -0.3 is 22.3 Å². The lowest BCUT2D eigenvalue weighted by atomic mass is 9.47. The van der Waals surface area contributed by atoms with Gasteiger partial charge >= 0.3 is 12.9 Å². The van der Waals surface area contributed by atoms with Crippen LogP contribution in [0.15, 0.2) is 59.4 Å². The number of carbonyl (C=O) groups excluding carboxylic acids is 1. The Morgan fingerprint density at radius 1 is 0.934 bits per heavy atom. The van der Waals surface area contributed by atoms with Gasteiger partial charge in [0.2, 0.25) is 0 Å². The molecule has 7 rings (SSSR count). The van der Waals surface area contributed by atoms with Crippen LogP contribution in [-0.2, 0) is 9.53 Å². The summed E-state index contributed by atoms with van der Waals surface area (Å²) in [5.74, 6) is 3.37. The number of aromatic nitrogens is 1. The molecule has 0 amide bonds. The molecule has 2 aliphatic heterocycles. The predicted octanol–water partition coefficient (Wildman–Crippen LogP) is 15.2. The molecule has 0 aromatic carbocycles. The highest BCUT2D eigenvalue weighted by molar-refractivity contribution is 6.58. The Labute approximate surface area is 369 Å². The van der Waals surface area contributed by atoms with Gasteiger partial charge in [-0.1, -0.05) is 95.8 Å². The highest BCUT2D eigenvalue weighted by Crippen LogP contribution is 2.67. The zero-order chi connectivity index (χ0) is 43.5. The maximum Gasteiger partial charge on any atom is 0.737 e. The molecule has 0 unspecified atom stereocenters. The number of carbonyl (C=O) groups is 1. The summed E-state index contributed by atoms with van der Waals surface area (Å²) in [6.45, 7) is 13.7. The summed E-state index contributed by atoms with van der Waals surface area (Å²) < 4.78 is 41.3. The predicted molar refractivity (Wildman–Crippen MR) is 252 cm³/mol. The number of hydrogen-bond acceptors (Lipinski definition) is 2. The maximum absolute atomic E-state index is 16.2. The third-order valence-corrected chi connectivity index (χ3v) is 17.3. The van der Waals surface area contributed by atoms with E-state index in [1.807, 2.05) is 39.8 Å². The molecule has 0 bridgehead atoms. The molecule has 0 radical (unpaired) electrons. The number of unbranched alkanes of at least 4 members (excludes halogenated alkanes) is 8. The minimum Gasteiger partial charge on any atom is -0.462 e. The molecular formula is C54H81BF2N2O2. The summed E-state index contributed by atoms with van der Waals surface area (Å²) in [4.78, 5) is 13.0. The van der Waals surface area contributed by atoms with Gasteiger partial charge in [0.15, 0.2) is 5.70 Å². The number of aryl methyl sites for hydroxylation is 2. The van der Waals surface area contributed by atoms with Crippen LogP contribution in [0.5, 0.6) is 0 Å². The van der Waals surface area contributed by atoms with E-state index in [0.29, 0.717) is 41.0 Å². The van der Waals surface area contributed by atoms with Crippen LogP contribution in [0, 0.1) is 54.3 Å². The number of nitrogens with zero attached hydrogens (tertiary/aromatic N) is 2. The number of esters is 1. The summed E-state index contributed by atoms with van der Waals surface area (Å²) in [6.07, 6.45) is 38.7. The molecule has 61 heavy (non-hydrogen) atoms. The topological polar surface area (TPSA) is 34.2 Å². The van der Waals surface area contributed by atoms with Gasteiger partial charge in [-0.05, 0) is 175 Å². The van der Waals surface area contributed by atoms with Crippen LogP contribution in [0.3, 0.4) is 0 Å². The first-order valence-electron chi connectivity index (χ1n) is 25.2. The van der Waals surface area contributed by atoms with Gasteiger partial charge in [0.05, 0.1) is 0 Å². The van der Waals surface area contributed by atoms with Gasteiger partial charge in [-0.2, -0.15) is 0 Å². The number of halogens is 2. The quantitative estimate of drug-likeness (QED) is 0.0602. The lowest BCUT2D eigenvalue weighted by molar-refractivity contribution is -0.363. The zero-order valence-electron chi connectivity index (χ0n) is 39.6. The normalized spacial score (nSPS) is 30.9. The van der Waals surface area contributed by atoms with Crippen LogP contribution in [0.1, 0.15) is 200 Å². The minimum absolute atomic E-state index is 0.00666. The Bertz CT molecular complexity index is 1950. The van der Waals surface area contributed by atoms with Gasteiger partial charge in [0, 0.05) is 42.7 Å². The summed E-state index contributed by atoms with van der Waals surface area (Å²) in [6, 6.07) is 1.95. The standard InChI is InChI=1S/C54H81BF2N2O2/c1-9-10-11-12-13-14-15-16-17-18-19-20-21-22-23-24-50(60)61-44-31-33-53(7)43(37-44)26-28-45-48-30-29-47(54(48,8)34-32-49(45)53)38(2)25-27-46-51-39(3)35-41(5)58(51)55(56,57)59-42(6)36-40(4)52(46)59/h13-14,16-17,26,35-36,38,44-45,47-49H,9-12,15,18-25,27-34,37H2,1-8H3/b14-13+,17-16+/t38-,44+,45+,47-,48+,49+,53+,54-/m1/s1. The molecule has 1 aromatic heterocycles. The third-order valence-electron chi connectivity index (χ3n) is 17.3. The molecule has 3 fully saturated rings. The van der Waals surface area contributed by atoms with Crippen molar-refractivity contribution < 1.29 is 22.6 Å². The van der Waals surface area contributed by atoms with Crippen LogP contribution in [-0.4, -0.2) is 33.7 Å². The second-order valence-corrected chi connectivity index (χ2v) is 21.3. The highest BCUT2D eigenvalue weighted by atomic mass is 19.2. The Morgan fingerprint density at radius 2 is 1.66 bits per heavy atom. The van der Waals surface area contributed by atoms with Gasteiger partial charge in [0.1, 0.15) is 11.8 Å². The summed E-state index contributed by atoms with van der Waals surface area (Å²) in [5, 5.41) is 0. The summed E-state index contributed by atoms with van der Waals surface area (Å²) >= 11 is 0. The number of allylic oxidation sites excluding steroid dienone is 8. The lowest BCUT2D eigenvalue weighted by Crippen LogP contribution is -2.51. The van der Waals surface area contributed by atoms with Gasteiger partial charge in [-0.15, -0.1) is 0 Å². The van der Waals surface area contributed by atoms with Crippen LogP contribution in [0.25, 0.3) is 5.57 Å². The number of ether oxygens (including phenoxy) is 1. The molecule has 4 nitrogen and oxygen atoms in total. The largest absolute Gasteiger partial charge is 0.737 e. The van der Waals surface area contributed by atoms with Crippen LogP contribution >= 0.6 is 0 Å². The average molecular weight is 839 g/mol. The number of rotatable bonds is 19. The molecule has 0 saturated heterocycles. The van der Waals surface area contributed by atoms with Crippen molar-refractivity contribution >= 4 is 24.2 Å². The van der Waals surface area contributed by atoms with Crippen LogP contribution in [0.4, 0.5) is 8.63 Å². The Kier molecular flexibility index (Phi) is 14.7. The second-order valence-electron chi connectivity index (χ2n) is 21.3. The maximum atomic E-state index is 16.2. The molecule has 7 heteroatoms. The van der Waals surface area contributed by atoms with E-state index in [-0.39, 0.29) is 17.5 Å². The van der Waals surface area contributed by atoms with Crippen LogP contribution in [0.2, 0.25) is 0 Å². The molecule has 3 saturated carbocycles. The monoisotopic (exact) mass is 839 g/mol. The van der Waals surface area contributed by atoms with Crippen LogP contribution < -0.4 is 0 Å². The first kappa shape index (κ1) is 46.0. The minimum atomic E-state index is -3.93. The Hall–Kier alpha value is -2.96. The van der Waals surface area contributed by atoms with Gasteiger partial charge in [-0.3, -0.25) is 4.79 Å². The number of fused-ring (bicyclic) bond motifs is 7. The average Bonchev–Trinajstić information content (AvgIpc) is 3.85. The SMILES string of the molecule is CCCCC/C=C/C/C=C/CCCCCCCC(=O)O[C@H]1CC[C@@]2(C)C(=CC[C@H]3[C@@H]4CC[C@H]([C@H](C)CCC5=C6C(C)=CC(C)=[N+]6[B-](F)(F)n6c(C)cc(C)c65)[C@@]4(C)CC[C@@H]32)C1. The fraction of sp³-hybridized carbons (Fsp3) is 0.704. The smallest absolute Gasteiger partial charge is 0.462 e. The van der Waals surface area contributed by atoms with E-state index in [0.717, 1.165) is 97.7 Å². The Morgan fingerprint density at radius 3 is 2.41 bits per heavy atom. The van der Waals surface area contributed by atoms with Crippen molar-refractivity contribution in [2.45, 2.75) is 203 Å². The van der Waals surface area contributed by atoms with Crippen molar-refractivity contribution in [2.24, 2.45) is 40.4 Å². The van der Waals surface area contributed by atoms with Crippen molar-refractivity contribution in [1.29, 1.82) is 0 Å². The molecule has 3 heterocycles. The van der Waals surface area contributed by atoms with E-state index < -0.39 is 6.97 Å². The number of hydrogen-bond donors (Lipinski definition) is 0. The molecule has 6 aliphatic rings. The van der Waals surface area contributed by atoms with E-state index in [1.54, 1.807) is 5.57 Å². The van der Waals surface area contributed by atoms with Crippen molar-refractivity contribution in [3.8, 4) is 0 Å². The lowest BCUT2D eigenvalue weighted by Gasteiger charge is -2.58. The first-order valence-corrected chi connectivity index (χ1v) is 25.2. The van der Waals surface area contributed by atoms with E-state index in [2.05, 4.69) is 58.1 Å². The second kappa shape index (κ2) is 19.4. The van der Waals surface area contributed by atoms with Crippen molar-refractivity contribution in [3.05, 3.63) is 76.3 Å². The molecule has 0 spiro atoms. The fourth-order valence-electron chi connectivity index (χ4n) is 14.3. The highest BCUT2D eigenvalue weighted by Gasteiger charge is 2.60. The van der Waals surface area contributed by atoms with Crippen molar-refractivity contribution in [2.75, 3.05) is 0 Å². The molecular weight excluding hydrogens is 757 g/mol.